The molecule has 1 aromatic rings. The average Bonchev–Trinajstić information content (AvgIpc) is 2.66. The van der Waals surface area contributed by atoms with Gasteiger partial charge in [-0.3, -0.25) is 14.4 Å². The summed E-state index contributed by atoms with van der Waals surface area (Å²) >= 11 is 0. The predicted octanol–water partition coefficient (Wildman–Crippen LogP) is 2.22. The molecule has 1 saturated carbocycles. The van der Waals surface area contributed by atoms with E-state index in [1.165, 1.54) is 12.1 Å². The molecule has 128 valence electrons. The van der Waals surface area contributed by atoms with Crippen LogP contribution in [0.4, 0.5) is 0 Å². The molecule has 5 nitrogen and oxygen atoms in total. The van der Waals surface area contributed by atoms with Gasteiger partial charge in [-0.25, -0.2) is 0 Å². The number of carbonyl (C=O) groups excluding carboxylic acids is 1. The van der Waals surface area contributed by atoms with Crippen LogP contribution in [0.1, 0.15) is 44.0 Å². The van der Waals surface area contributed by atoms with Crippen molar-refractivity contribution >= 4 is 5.91 Å². The van der Waals surface area contributed by atoms with Crippen LogP contribution in [0.2, 0.25) is 0 Å². The first kappa shape index (κ1) is 16.5. The van der Waals surface area contributed by atoms with Crippen molar-refractivity contribution in [2.75, 3.05) is 26.2 Å². The number of hydrogen-bond acceptors (Lipinski definition) is 3. The number of nitrogens with zero attached hydrogens (tertiary/aromatic N) is 4. The van der Waals surface area contributed by atoms with Crippen molar-refractivity contribution in [2.24, 2.45) is 5.92 Å². The van der Waals surface area contributed by atoms with Gasteiger partial charge in [0.25, 0.3) is 0 Å². The summed E-state index contributed by atoms with van der Waals surface area (Å²) in [5.74, 6) is 0.734. The molecule has 0 radical (unpaired) electrons. The van der Waals surface area contributed by atoms with Gasteiger partial charge < -0.3 is 4.90 Å². The van der Waals surface area contributed by atoms with E-state index in [0.29, 0.717) is 17.9 Å². The number of carbonyl (C=O) groups is 1. The normalized spacial score (nSPS) is 21.8. The van der Waals surface area contributed by atoms with Gasteiger partial charge in [0.2, 0.25) is 5.91 Å². The summed E-state index contributed by atoms with van der Waals surface area (Å²) in [4.78, 5) is 17.1. The lowest BCUT2D eigenvalue weighted by Gasteiger charge is -2.31. The van der Waals surface area contributed by atoms with E-state index in [2.05, 4.69) is 39.5 Å². The summed E-state index contributed by atoms with van der Waals surface area (Å²) < 4.78 is 2.11. The summed E-state index contributed by atoms with van der Waals surface area (Å²) in [5.41, 5.74) is 2.31. The summed E-state index contributed by atoms with van der Waals surface area (Å²) in [6.07, 6.45) is 4.52. The van der Waals surface area contributed by atoms with Gasteiger partial charge in [-0.15, -0.1) is 0 Å². The van der Waals surface area contributed by atoms with Crippen molar-refractivity contribution in [1.82, 2.24) is 19.6 Å². The fraction of sp³-hybridized carbons (Fsp3) is 0.778. The third kappa shape index (κ3) is 3.77. The molecule has 3 rings (SSSR count). The molecule has 1 aliphatic carbocycles. The molecule has 0 N–H and O–H groups in total. The number of amides is 1. The topological polar surface area (TPSA) is 41.4 Å². The Hall–Kier alpha value is -1.36. The van der Waals surface area contributed by atoms with E-state index >= 15 is 0 Å². The number of rotatable bonds is 4. The summed E-state index contributed by atoms with van der Waals surface area (Å²) in [6, 6.07) is 2.58. The molecule has 1 aromatic heterocycles. The van der Waals surface area contributed by atoms with Gasteiger partial charge in [0.05, 0.1) is 12.2 Å². The van der Waals surface area contributed by atoms with Crippen LogP contribution in [0.3, 0.4) is 0 Å². The molecule has 1 amide bonds. The smallest absolute Gasteiger partial charge is 0.225 e. The third-order valence-electron chi connectivity index (χ3n) is 5.46. The lowest BCUT2D eigenvalue weighted by molar-refractivity contribution is -0.138. The van der Waals surface area contributed by atoms with Gasteiger partial charge in [0, 0.05) is 43.8 Å². The molecular weight excluding hydrogens is 288 g/mol. The van der Waals surface area contributed by atoms with Crippen LogP contribution < -0.4 is 0 Å². The summed E-state index contributed by atoms with van der Waals surface area (Å²) in [5, 5.41) is 4.58. The maximum absolute atomic E-state index is 12.4. The second kappa shape index (κ2) is 7.04. The second-order valence-corrected chi connectivity index (χ2v) is 7.30. The van der Waals surface area contributed by atoms with Crippen LogP contribution in [0.15, 0.2) is 6.07 Å². The van der Waals surface area contributed by atoms with Crippen molar-refractivity contribution < 1.29 is 4.79 Å². The van der Waals surface area contributed by atoms with Gasteiger partial charge in [-0.1, -0.05) is 6.42 Å². The van der Waals surface area contributed by atoms with Gasteiger partial charge >= 0.3 is 0 Å². The second-order valence-electron chi connectivity index (χ2n) is 7.30. The Morgan fingerprint density at radius 3 is 2.61 bits per heavy atom. The summed E-state index contributed by atoms with van der Waals surface area (Å²) in [7, 11) is 0. The van der Waals surface area contributed by atoms with Crippen LogP contribution in [-0.4, -0.2) is 57.7 Å². The number of aromatic nitrogens is 2. The molecule has 0 spiro atoms. The minimum atomic E-state index is 0.327. The molecule has 0 bridgehead atoms. The van der Waals surface area contributed by atoms with E-state index in [4.69, 9.17) is 0 Å². The predicted molar refractivity (Wildman–Crippen MR) is 91.3 cm³/mol. The van der Waals surface area contributed by atoms with E-state index in [9.17, 15) is 4.79 Å². The quantitative estimate of drug-likeness (QED) is 0.855. The largest absolute Gasteiger partial charge is 0.341 e. The van der Waals surface area contributed by atoms with Crippen LogP contribution in [0, 0.1) is 19.8 Å². The monoisotopic (exact) mass is 318 g/mol. The maximum Gasteiger partial charge on any atom is 0.225 e. The van der Waals surface area contributed by atoms with Gasteiger partial charge in [0.15, 0.2) is 0 Å². The highest BCUT2D eigenvalue weighted by atomic mass is 16.2. The van der Waals surface area contributed by atoms with Gasteiger partial charge in [0.1, 0.15) is 0 Å². The molecule has 1 saturated heterocycles. The van der Waals surface area contributed by atoms with Crippen LogP contribution >= 0.6 is 0 Å². The van der Waals surface area contributed by atoms with Crippen molar-refractivity contribution in [3.8, 4) is 0 Å². The van der Waals surface area contributed by atoms with E-state index in [-0.39, 0.29) is 0 Å². The summed E-state index contributed by atoms with van der Waals surface area (Å²) in [6.45, 7) is 11.2. The van der Waals surface area contributed by atoms with Crippen LogP contribution in [0.5, 0.6) is 0 Å². The zero-order valence-corrected chi connectivity index (χ0v) is 14.8. The Labute approximate surface area is 139 Å². The van der Waals surface area contributed by atoms with Crippen molar-refractivity contribution in [3.05, 3.63) is 17.5 Å². The zero-order valence-electron chi connectivity index (χ0n) is 14.8. The van der Waals surface area contributed by atoms with E-state index in [0.717, 1.165) is 57.7 Å². The fourth-order valence-electron chi connectivity index (χ4n) is 3.74. The van der Waals surface area contributed by atoms with Crippen molar-refractivity contribution in [2.45, 2.75) is 59.0 Å². The average molecular weight is 318 g/mol. The first-order valence-electron chi connectivity index (χ1n) is 9.08. The highest BCUT2D eigenvalue weighted by Crippen LogP contribution is 2.28. The zero-order chi connectivity index (χ0) is 16.4. The minimum Gasteiger partial charge on any atom is -0.341 e. The van der Waals surface area contributed by atoms with Crippen molar-refractivity contribution in [3.63, 3.8) is 0 Å². The minimum absolute atomic E-state index is 0.327. The van der Waals surface area contributed by atoms with Crippen LogP contribution in [0.25, 0.3) is 0 Å². The van der Waals surface area contributed by atoms with Gasteiger partial charge in [-0.05, 0) is 46.1 Å². The molecule has 23 heavy (non-hydrogen) atoms. The molecule has 1 atom stereocenters. The van der Waals surface area contributed by atoms with Crippen LogP contribution in [-0.2, 0) is 11.3 Å². The standard InChI is InChI=1S/C18H30N4O/c1-14-12-15(2)22(19-14)13-16(3)20-8-5-9-21(11-10-20)18(23)17-6-4-7-17/h12,16-17H,4-11,13H2,1-3H3. The molecule has 2 aliphatic rings. The Morgan fingerprint density at radius 1 is 1.22 bits per heavy atom. The Morgan fingerprint density at radius 2 is 2.00 bits per heavy atom. The first-order chi connectivity index (χ1) is 11.0. The molecule has 5 heteroatoms. The van der Waals surface area contributed by atoms with E-state index in [1.54, 1.807) is 0 Å². The lowest BCUT2D eigenvalue weighted by Crippen LogP contribution is -2.42. The Bertz CT molecular complexity index is 549. The molecule has 1 unspecified atom stereocenters. The molecule has 0 aromatic carbocycles. The Balaban J connectivity index is 1.54. The van der Waals surface area contributed by atoms with Gasteiger partial charge in [-0.2, -0.15) is 5.10 Å². The first-order valence-corrected chi connectivity index (χ1v) is 9.08. The van der Waals surface area contributed by atoms with Crippen molar-refractivity contribution in [1.29, 1.82) is 0 Å². The number of hydrogen-bond donors (Lipinski definition) is 0. The lowest BCUT2D eigenvalue weighted by atomic mass is 9.84. The molecule has 1 aliphatic heterocycles. The molecular formula is C18H30N4O. The maximum atomic E-state index is 12.4. The highest BCUT2D eigenvalue weighted by molar-refractivity contribution is 5.79. The number of aryl methyl sites for hydroxylation is 2. The van der Waals surface area contributed by atoms with E-state index < -0.39 is 0 Å². The SMILES string of the molecule is Cc1cc(C)n(CC(C)N2CCCN(C(=O)C3CCC3)CC2)n1. The fourth-order valence-corrected chi connectivity index (χ4v) is 3.74. The molecule has 2 fully saturated rings. The highest BCUT2D eigenvalue weighted by Gasteiger charge is 2.30. The van der Waals surface area contributed by atoms with E-state index in [1.807, 2.05) is 6.92 Å². The molecule has 2 heterocycles. The third-order valence-corrected chi connectivity index (χ3v) is 5.46. The Kier molecular flexibility index (Phi) is 5.05.